The fourth-order valence-corrected chi connectivity index (χ4v) is 4.85. The molecule has 1 fully saturated rings. The lowest BCUT2D eigenvalue weighted by molar-refractivity contribution is 0.145. The van der Waals surface area contributed by atoms with Crippen LogP contribution in [0.25, 0.3) is 0 Å². The van der Waals surface area contributed by atoms with Crippen LogP contribution in [0.3, 0.4) is 0 Å². The standard InChI is InChI=1S/C10H13O3S2/c11-8-4-1-2-5-9(8)15(12,13)10-6-3-7-14-10/h2-3,6-9,11H,1,4-5H2. The van der Waals surface area contributed by atoms with Crippen molar-refractivity contribution in [2.45, 2.75) is 34.8 Å². The highest BCUT2D eigenvalue weighted by molar-refractivity contribution is 7.94. The maximum absolute atomic E-state index is 12.1. The van der Waals surface area contributed by atoms with Crippen LogP contribution in [-0.2, 0) is 9.84 Å². The molecule has 1 aliphatic carbocycles. The molecular formula is C10H13O3S2. The molecule has 0 saturated heterocycles. The fourth-order valence-electron chi connectivity index (χ4n) is 1.82. The third kappa shape index (κ3) is 2.09. The molecule has 1 aliphatic rings. The van der Waals surface area contributed by atoms with Gasteiger partial charge >= 0.3 is 0 Å². The summed E-state index contributed by atoms with van der Waals surface area (Å²) in [6.45, 7) is 0. The molecule has 1 aromatic rings. The summed E-state index contributed by atoms with van der Waals surface area (Å²) in [5.74, 6) is 0. The van der Waals surface area contributed by atoms with Gasteiger partial charge in [-0.05, 0) is 37.1 Å². The molecule has 0 spiro atoms. The van der Waals surface area contributed by atoms with E-state index in [2.05, 4.69) is 0 Å². The number of hydrogen-bond acceptors (Lipinski definition) is 4. The van der Waals surface area contributed by atoms with Crippen molar-refractivity contribution < 1.29 is 13.5 Å². The largest absolute Gasteiger partial charge is 0.392 e. The predicted molar refractivity (Wildman–Crippen MR) is 59.5 cm³/mol. The first-order valence-electron chi connectivity index (χ1n) is 4.89. The highest BCUT2D eigenvalue weighted by Crippen LogP contribution is 2.30. The van der Waals surface area contributed by atoms with Crippen LogP contribution in [0.4, 0.5) is 0 Å². The molecule has 1 heterocycles. The van der Waals surface area contributed by atoms with Gasteiger partial charge in [0.15, 0.2) is 9.84 Å². The topological polar surface area (TPSA) is 54.4 Å². The third-order valence-electron chi connectivity index (χ3n) is 2.67. The van der Waals surface area contributed by atoms with E-state index in [9.17, 15) is 13.5 Å². The van der Waals surface area contributed by atoms with Crippen molar-refractivity contribution in [1.29, 1.82) is 0 Å². The van der Waals surface area contributed by atoms with Gasteiger partial charge in [0.2, 0.25) is 0 Å². The Hall–Kier alpha value is -0.390. The van der Waals surface area contributed by atoms with Crippen LogP contribution < -0.4 is 0 Å². The molecule has 83 valence electrons. The normalized spacial score (nSPS) is 27.8. The number of thiophene rings is 1. The van der Waals surface area contributed by atoms with Crippen molar-refractivity contribution in [3.63, 3.8) is 0 Å². The van der Waals surface area contributed by atoms with Gasteiger partial charge in [0.1, 0.15) is 4.21 Å². The average Bonchev–Trinajstić information content (AvgIpc) is 2.71. The van der Waals surface area contributed by atoms with Crippen LogP contribution >= 0.6 is 11.3 Å². The Kier molecular flexibility index (Phi) is 3.13. The Bertz CT molecular complexity index is 408. The molecule has 2 atom stereocenters. The summed E-state index contributed by atoms with van der Waals surface area (Å²) >= 11 is 1.21. The van der Waals surface area contributed by atoms with E-state index in [1.165, 1.54) is 11.3 Å². The summed E-state index contributed by atoms with van der Waals surface area (Å²) in [6, 6.07) is 3.32. The van der Waals surface area contributed by atoms with Crippen LogP contribution in [0.2, 0.25) is 0 Å². The lowest BCUT2D eigenvalue weighted by Crippen LogP contribution is -2.36. The summed E-state index contributed by atoms with van der Waals surface area (Å²) in [5, 5.41) is 10.8. The molecule has 0 amide bonds. The van der Waals surface area contributed by atoms with E-state index < -0.39 is 21.2 Å². The van der Waals surface area contributed by atoms with Crippen molar-refractivity contribution in [3.05, 3.63) is 23.9 Å². The minimum absolute atomic E-state index is 0.363. The lowest BCUT2D eigenvalue weighted by atomic mass is 9.97. The average molecular weight is 245 g/mol. The van der Waals surface area contributed by atoms with E-state index >= 15 is 0 Å². The second-order valence-corrected chi connectivity index (χ2v) is 7.03. The zero-order valence-electron chi connectivity index (χ0n) is 8.17. The highest BCUT2D eigenvalue weighted by atomic mass is 32.2. The summed E-state index contributed by atoms with van der Waals surface area (Å²) in [7, 11) is -3.33. The minimum Gasteiger partial charge on any atom is -0.392 e. The van der Waals surface area contributed by atoms with Crippen molar-refractivity contribution in [3.8, 4) is 0 Å². The van der Waals surface area contributed by atoms with Crippen LogP contribution in [0.15, 0.2) is 21.7 Å². The van der Waals surface area contributed by atoms with Crippen molar-refractivity contribution >= 4 is 21.2 Å². The van der Waals surface area contributed by atoms with Gasteiger partial charge in [0, 0.05) is 0 Å². The second kappa shape index (κ2) is 4.23. The summed E-state index contributed by atoms with van der Waals surface area (Å²) < 4.78 is 24.5. The number of sulfone groups is 1. The molecule has 1 aromatic heterocycles. The molecule has 3 nitrogen and oxygen atoms in total. The molecule has 1 saturated carbocycles. The molecule has 1 N–H and O–H groups in total. The van der Waals surface area contributed by atoms with Crippen molar-refractivity contribution in [1.82, 2.24) is 0 Å². The maximum Gasteiger partial charge on any atom is 0.193 e. The van der Waals surface area contributed by atoms with E-state index in [0.29, 0.717) is 17.1 Å². The molecule has 1 radical (unpaired) electrons. The highest BCUT2D eigenvalue weighted by Gasteiger charge is 2.35. The number of aliphatic hydroxyl groups is 1. The molecule has 0 aliphatic heterocycles. The van der Waals surface area contributed by atoms with Gasteiger partial charge in [-0.1, -0.05) is 6.07 Å². The molecule has 15 heavy (non-hydrogen) atoms. The number of rotatable bonds is 2. The Balaban J connectivity index is 2.29. The summed E-state index contributed by atoms with van der Waals surface area (Å²) in [4.78, 5) is 0. The molecule has 0 aromatic carbocycles. The van der Waals surface area contributed by atoms with Gasteiger partial charge in [-0.3, -0.25) is 0 Å². The number of aliphatic hydroxyl groups excluding tert-OH is 1. The predicted octanol–water partition coefficient (Wildman–Crippen LogP) is 1.64. The van der Waals surface area contributed by atoms with Crippen molar-refractivity contribution in [2.24, 2.45) is 0 Å². The Labute approximate surface area is 93.7 Å². The molecule has 0 bridgehead atoms. The Morgan fingerprint density at radius 3 is 2.87 bits per heavy atom. The van der Waals surface area contributed by atoms with Gasteiger partial charge in [-0.15, -0.1) is 11.3 Å². The van der Waals surface area contributed by atoms with Crippen molar-refractivity contribution in [2.75, 3.05) is 0 Å². The summed E-state index contributed by atoms with van der Waals surface area (Å²) in [6.07, 6.45) is 3.04. The Morgan fingerprint density at radius 2 is 2.27 bits per heavy atom. The number of hydrogen-bond donors (Lipinski definition) is 1. The first-order chi connectivity index (χ1) is 7.12. The quantitative estimate of drug-likeness (QED) is 0.861. The lowest BCUT2D eigenvalue weighted by Gasteiger charge is -2.26. The zero-order valence-corrected chi connectivity index (χ0v) is 9.80. The van der Waals surface area contributed by atoms with Gasteiger partial charge in [-0.25, -0.2) is 8.42 Å². The van der Waals surface area contributed by atoms with E-state index in [4.69, 9.17) is 0 Å². The van der Waals surface area contributed by atoms with Gasteiger partial charge in [-0.2, -0.15) is 0 Å². The zero-order chi connectivity index (χ0) is 10.9. The molecule has 2 unspecified atom stereocenters. The van der Waals surface area contributed by atoms with Gasteiger partial charge in [0.05, 0.1) is 11.4 Å². The molecule has 5 heteroatoms. The monoisotopic (exact) mass is 245 g/mol. The Morgan fingerprint density at radius 1 is 1.47 bits per heavy atom. The smallest absolute Gasteiger partial charge is 0.193 e. The van der Waals surface area contributed by atoms with Crippen LogP contribution in [0.5, 0.6) is 0 Å². The van der Waals surface area contributed by atoms with Crippen LogP contribution in [-0.4, -0.2) is 24.9 Å². The first-order valence-corrected chi connectivity index (χ1v) is 7.32. The fraction of sp³-hybridized carbons (Fsp3) is 0.500. The molecular weight excluding hydrogens is 232 g/mol. The maximum atomic E-state index is 12.1. The van der Waals surface area contributed by atoms with E-state index in [1.54, 1.807) is 17.5 Å². The van der Waals surface area contributed by atoms with Crippen LogP contribution in [0.1, 0.15) is 19.3 Å². The van der Waals surface area contributed by atoms with Gasteiger partial charge < -0.3 is 5.11 Å². The van der Waals surface area contributed by atoms with E-state index in [0.717, 1.165) is 6.42 Å². The third-order valence-corrected chi connectivity index (χ3v) is 6.32. The van der Waals surface area contributed by atoms with E-state index in [1.807, 2.05) is 6.42 Å². The second-order valence-electron chi connectivity index (χ2n) is 3.68. The van der Waals surface area contributed by atoms with Crippen LogP contribution in [0, 0.1) is 6.42 Å². The first kappa shape index (κ1) is 11.1. The van der Waals surface area contributed by atoms with Gasteiger partial charge in [0.25, 0.3) is 0 Å². The summed E-state index contributed by atoms with van der Waals surface area (Å²) in [5.41, 5.74) is 0. The van der Waals surface area contributed by atoms with E-state index in [-0.39, 0.29) is 0 Å². The SMILES string of the molecule is O=S(=O)(c1cccs1)C1C[CH]CCC1O. The minimum atomic E-state index is -3.33. The molecule has 2 rings (SSSR count).